The summed E-state index contributed by atoms with van der Waals surface area (Å²) in [6, 6.07) is 4.24. The Balaban J connectivity index is 3.24. The van der Waals surface area contributed by atoms with Crippen molar-refractivity contribution in [2.45, 2.75) is 18.9 Å². The van der Waals surface area contributed by atoms with Crippen LogP contribution in [0.1, 0.15) is 16.7 Å². The van der Waals surface area contributed by atoms with Gasteiger partial charge in [0.1, 0.15) is 5.75 Å². The fourth-order valence-electron chi connectivity index (χ4n) is 1.52. The van der Waals surface area contributed by atoms with E-state index in [0.717, 1.165) is 6.07 Å². The molecule has 0 saturated heterocycles. The largest absolute Gasteiger partial charge is 0.469 e. The van der Waals surface area contributed by atoms with E-state index in [1.807, 2.05) is 6.07 Å². The van der Waals surface area contributed by atoms with Gasteiger partial charge in [0.25, 0.3) is 0 Å². The van der Waals surface area contributed by atoms with Crippen LogP contribution in [0.4, 0.5) is 8.78 Å². The van der Waals surface area contributed by atoms with Crippen LogP contribution in [-0.2, 0) is 21.8 Å². The maximum absolute atomic E-state index is 12.2. The number of rotatable bonds is 5. The quantitative estimate of drug-likeness (QED) is 0.617. The van der Waals surface area contributed by atoms with Gasteiger partial charge in [-0.1, -0.05) is 0 Å². The first-order valence-electron chi connectivity index (χ1n) is 5.15. The minimum atomic E-state index is -3.01. The maximum Gasteiger partial charge on any atom is 0.387 e. The highest BCUT2D eigenvalue weighted by Crippen LogP contribution is 2.26. The van der Waals surface area contributed by atoms with Gasteiger partial charge in [-0.05, 0) is 23.3 Å². The van der Waals surface area contributed by atoms with E-state index in [1.54, 1.807) is 0 Å². The van der Waals surface area contributed by atoms with Crippen molar-refractivity contribution in [1.82, 2.24) is 0 Å². The molecule has 0 N–H and O–H groups in total. The molecule has 0 atom stereocenters. The van der Waals surface area contributed by atoms with Crippen molar-refractivity contribution < 1.29 is 23.0 Å². The monoisotopic (exact) mass is 289 g/mol. The van der Waals surface area contributed by atoms with E-state index in [9.17, 15) is 13.6 Å². The van der Waals surface area contributed by atoms with Crippen LogP contribution in [0.2, 0.25) is 0 Å². The van der Waals surface area contributed by atoms with Crippen LogP contribution in [0.5, 0.6) is 5.75 Å². The summed E-state index contributed by atoms with van der Waals surface area (Å²) in [6.45, 7) is -3.01. The highest BCUT2D eigenvalue weighted by atomic mass is 35.5. The maximum atomic E-state index is 12.2. The van der Waals surface area contributed by atoms with Crippen molar-refractivity contribution in [3.05, 3.63) is 28.8 Å². The average Bonchev–Trinajstić information content (AvgIpc) is 2.37. The molecule has 0 spiro atoms. The van der Waals surface area contributed by atoms with Crippen molar-refractivity contribution in [3.8, 4) is 11.8 Å². The number of carbonyl (C=O) groups is 1. The van der Waals surface area contributed by atoms with E-state index in [-0.39, 0.29) is 23.6 Å². The molecule has 0 amide bonds. The molecule has 4 nitrogen and oxygen atoms in total. The molecule has 0 radical (unpaired) electrons. The second kappa shape index (κ2) is 6.90. The number of nitrogens with zero attached hydrogens (tertiary/aromatic N) is 1. The zero-order valence-electron chi connectivity index (χ0n) is 9.95. The van der Waals surface area contributed by atoms with Crippen molar-refractivity contribution in [2.24, 2.45) is 0 Å². The van der Waals surface area contributed by atoms with Crippen molar-refractivity contribution in [3.63, 3.8) is 0 Å². The third kappa shape index (κ3) is 4.07. The van der Waals surface area contributed by atoms with Gasteiger partial charge in [-0.2, -0.15) is 14.0 Å². The van der Waals surface area contributed by atoms with E-state index < -0.39 is 12.6 Å². The van der Waals surface area contributed by atoms with Crippen LogP contribution in [-0.4, -0.2) is 19.7 Å². The molecule has 0 bridgehead atoms. The summed E-state index contributed by atoms with van der Waals surface area (Å²) >= 11 is 5.71. The summed E-state index contributed by atoms with van der Waals surface area (Å²) in [4.78, 5) is 11.2. The highest BCUT2D eigenvalue weighted by molar-refractivity contribution is 6.17. The predicted molar refractivity (Wildman–Crippen MR) is 63.1 cm³/mol. The summed E-state index contributed by atoms with van der Waals surface area (Å²) < 4.78 is 33.1. The molecule has 0 aliphatic heterocycles. The van der Waals surface area contributed by atoms with E-state index in [4.69, 9.17) is 16.9 Å². The van der Waals surface area contributed by atoms with Crippen molar-refractivity contribution in [2.75, 3.05) is 7.11 Å². The summed E-state index contributed by atoms with van der Waals surface area (Å²) in [7, 11) is 1.20. The SMILES string of the molecule is COC(=O)Cc1cc(OC(F)F)cc(C#N)c1CCl. The normalized spacial score (nSPS) is 10.1. The fraction of sp³-hybridized carbons (Fsp3) is 0.333. The molecule has 0 aliphatic rings. The molecule has 0 aromatic heterocycles. The average molecular weight is 290 g/mol. The highest BCUT2D eigenvalue weighted by Gasteiger charge is 2.16. The van der Waals surface area contributed by atoms with Gasteiger partial charge >= 0.3 is 12.6 Å². The lowest BCUT2D eigenvalue weighted by atomic mass is 10.00. The molecule has 7 heteroatoms. The van der Waals surface area contributed by atoms with Gasteiger partial charge in [0.2, 0.25) is 0 Å². The second-order valence-electron chi connectivity index (χ2n) is 3.49. The number of halogens is 3. The van der Waals surface area contributed by atoms with E-state index >= 15 is 0 Å². The Morgan fingerprint density at radius 3 is 2.68 bits per heavy atom. The summed E-state index contributed by atoms with van der Waals surface area (Å²) in [5, 5.41) is 8.96. The molecule has 0 saturated carbocycles. The minimum Gasteiger partial charge on any atom is -0.469 e. The Kier molecular flexibility index (Phi) is 5.52. The van der Waals surface area contributed by atoms with Gasteiger partial charge in [-0.3, -0.25) is 4.79 Å². The Labute approximate surface area is 113 Å². The number of methoxy groups -OCH3 is 1. The first-order valence-corrected chi connectivity index (χ1v) is 5.68. The third-order valence-corrected chi connectivity index (χ3v) is 2.62. The molecule has 0 unspecified atom stereocenters. The van der Waals surface area contributed by atoms with Crippen LogP contribution in [0.15, 0.2) is 12.1 Å². The predicted octanol–water partition coefficient (Wildman–Crippen LogP) is 2.61. The Hall–Kier alpha value is -1.87. The molecule has 19 heavy (non-hydrogen) atoms. The topological polar surface area (TPSA) is 59.3 Å². The number of hydrogen-bond acceptors (Lipinski definition) is 4. The van der Waals surface area contributed by atoms with Crippen molar-refractivity contribution >= 4 is 17.6 Å². The lowest BCUT2D eigenvalue weighted by molar-refractivity contribution is -0.139. The van der Waals surface area contributed by atoms with Gasteiger partial charge < -0.3 is 9.47 Å². The standard InChI is InChI=1S/C12H10ClF2NO3/c1-18-11(17)4-7-2-9(19-12(14)15)3-8(6-16)10(7)5-13/h2-3,12H,4-5H2,1H3. The molecular weight excluding hydrogens is 280 g/mol. The van der Waals surface area contributed by atoms with Crippen LogP contribution in [0.25, 0.3) is 0 Å². The summed E-state index contributed by atoms with van der Waals surface area (Å²) in [5.74, 6) is -0.784. The molecule has 0 fully saturated rings. The number of alkyl halides is 3. The van der Waals surface area contributed by atoms with Crippen LogP contribution in [0, 0.1) is 11.3 Å². The summed E-state index contributed by atoms with van der Waals surface area (Å²) in [5.41, 5.74) is 0.819. The first-order chi connectivity index (χ1) is 9.01. The number of esters is 1. The van der Waals surface area contributed by atoms with E-state index in [2.05, 4.69) is 9.47 Å². The Morgan fingerprint density at radius 1 is 1.53 bits per heavy atom. The first kappa shape index (κ1) is 15.2. The number of nitriles is 1. The lowest BCUT2D eigenvalue weighted by Gasteiger charge is -2.12. The molecule has 1 aromatic rings. The summed E-state index contributed by atoms with van der Waals surface area (Å²) in [6.07, 6.45) is -0.173. The second-order valence-corrected chi connectivity index (χ2v) is 3.75. The van der Waals surface area contributed by atoms with Gasteiger partial charge in [0.05, 0.1) is 25.2 Å². The van der Waals surface area contributed by atoms with Gasteiger partial charge in [0.15, 0.2) is 0 Å². The number of benzene rings is 1. The van der Waals surface area contributed by atoms with Crippen molar-refractivity contribution in [1.29, 1.82) is 5.26 Å². The Bertz CT molecular complexity index is 514. The molecule has 0 heterocycles. The number of hydrogen-bond donors (Lipinski definition) is 0. The van der Waals surface area contributed by atoms with Gasteiger partial charge in [-0.25, -0.2) is 0 Å². The lowest BCUT2D eigenvalue weighted by Crippen LogP contribution is -2.09. The Morgan fingerprint density at radius 2 is 2.21 bits per heavy atom. The third-order valence-electron chi connectivity index (χ3n) is 2.36. The molecule has 0 aliphatic carbocycles. The number of carbonyl (C=O) groups excluding carboxylic acids is 1. The zero-order chi connectivity index (χ0) is 14.4. The van der Waals surface area contributed by atoms with Gasteiger partial charge in [0, 0.05) is 5.88 Å². The van der Waals surface area contributed by atoms with Crippen LogP contribution in [0.3, 0.4) is 0 Å². The molecule has 1 rings (SSSR count). The molecular formula is C12H10ClF2NO3. The van der Waals surface area contributed by atoms with E-state index in [1.165, 1.54) is 13.2 Å². The van der Waals surface area contributed by atoms with Crippen LogP contribution >= 0.6 is 11.6 Å². The van der Waals surface area contributed by atoms with Gasteiger partial charge in [-0.15, -0.1) is 11.6 Å². The molecule has 1 aromatic carbocycles. The number of ether oxygens (including phenoxy) is 2. The molecule has 102 valence electrons. The fourth-order valence-corrected chi connectivity index (χ4v) is 1.83. The van der Waals surface area contributed by atoms with E-state index in [0.29, 0.717) is 11.1 Å². The minimum absolute atomic E-state index is 0.0236. The zero-order valence-corrected chi connectivity index (χ0v) is 10.7. The van der Waals surface area contributed by atoms with Crippen LogP contribution < -0.4 is 4.74 Å². The smallest absolute Gasteiger partial charge is 0.387 e.